The van der Waals surface area contributed by atoms with Crippen LogP contribution in [0, 0.1) is 6.92 Å². The molecular weight excluding hydrogens is 861 g/mol. The number of urea groups is 1. The highest BCUT2D eigenvalue weighted by atomic mass is 32.2. The third kappa shape index (κ3) is 12.8. The van der Waals surface area contributed by atoms with Gasteiger partial charge in [0.1, 0.15) is 5.25 Å². The van der Waals surface area contributed by atoms with Gasteiger partial charge in [-0.25, -0.2) is 9.78 Å². The van der Waals surface area contributed by atoms with Crippen LogP contribution in [0.1, 0.15) is 43.2 Å². The second-order valence-electron chi connectivity index (χ2n) is 15.0. The molecule has 4 aliphatic heterocycles. The minimum Gasteiger partial charge on any atom is -0.379 e. The standard InChI is InChI=1S/C41H52N8O8S4/c1-25-5-10-28-32(21-25)61-40(45-28)47-35(52)24-60-41-46-29-12-20-58-37(29)38(53)49(41)27-8-6-26(7-9-27)22-43-34(51)11-14-55-16-18-57-19-17-56-15-13-42-33(50)4-2-3-31-36-30(23-59-31)44-39(54)48-36/h5-10,21,29-31,36-37H,2-4,11-20,22-24H2,1H3,(H,42,50)(H,43,51)(H2,44,48,54)(H,45,47,52). The normalized spacial score (nSPS) is 21.8. The molecular formula is C41H52N8O8S4. The summed E-state index contributed by atoms with van der Waals surface area (Å²) in [6.07, 6.45) is 3.15. The molecule has 5 N–H and O–H groups in total. The zero-order valence-electron chi connectivity index (χ0n) is 34.0. The third-order valence-corrected chi connectivity index (χ3v) is 15.2. The number of aliphatic imine (C=N–C) groups is 1. The van der Waals surface area contributed by atoms with Crippen molar-refractivity contribution in [1.82, 2.24) is 26.3 Å². The van der Waals surface area contributed by atoms with Gasteiger partial charge in [0.25, 0.3) is 0 Å². The van der Waals surface area contributed by atoms with Crippen LogP contribution in [0.4, 0.5) is 15.6 Å². The van der Waals surface area contributed by atoms with Crippen molar-refractivity contribution in [2.75, 3.05) is 73.7 Å². The van der Waals surface area contributed by atoms with Gasteiger partial charge in [-0.15, -0.1) is 11.8 Å². The van der Waals surface area contributed by atoms with Crippen molar-refractivity contribution >= 4 is 102 Å². The number of amides is 6. The molecule has 3 saturated heterocycles. The van der Waals surface area contributed by atoms with Crippen LogP contribution in [0.3, 0.4) is 0 Å². The first-order valence-electron chi connectivity index (χ1n) is 20.6. The van der Waals surface area contributed by atoms with E-state index < -0.39 is 0 Å². The molecule has 20 heteroatoms. The van der Waals surface area contributed by atoms with Gasteiger partial charge in [0.15, 0.2) is 10.3 Å². The van der Waals surface area contributed by atoms with E-state index >= 15 is 0 Å². The van der Waals surface area contributed by atoms with E-state index in [0.29, 0.717) is 73.8 Å². The summed E-state index contributed by atoms with van der Waals surface area (Å²) >= 11 is 6.14. The molecule has 0 aliphatic carbocycles. The first-order chi connectivity index (χ1) is 29.7. The number of carbonyl (C=O) groups is 5. The fraction of sp³-hybridized carbons (Fsp3) is 0.537. The molecule has 0 bridgehead atoms. The zero-order valence-corrected chi connectivity index (χ0v) is 37.2. The number of anilines is 2. The molecule has 2 aromatic carbocycles. The molecule has 328 valence electrons. The van der Waals surface area contributed by atoms with Crippen LogP contribution in [0.15, 0.2) is 47.5 Å². The second kappa shape index (κ2) is 22.4. The lowest BCUT2D eigenvalue weighted by molar-refractivity contribution is -0.123. The Morgan fingerprint density at radius 2 is 1.67 bits per heavy atom. The van der Waals surface area contributed by atoms with E-state index in [1.54, 1.807) is 16.7 Å². The Morgan fingerprint density at radius 3 is 2.49 bits per heavy atom. The molecule has 7 rings (SSSR count). The molecule has 5 unspecified atom stereocenters. The lowest BCUT2D eigenvalue weighted by Gasteiger charge is -2.32. The van der Waals surface area contributed by atoms with E-state index in [4.69, 9.17) is 19.2 Å². The van der Waals surface area contributed by atoms with Gasteiger partial charge in [0.05, 0.1) is 79.4 Å². The van der Waals surface area contributed by atoms with Crippen molar-refractivity contribution in [2.24, 2.45) is 4.99 Å². The maximum Gasteiger partial charge on any atom is 0.315 e. The topological polar surface area (TPSA) is 202 Å². The van der Waals surface area contributed by atoms with Crippen molar-refractivity contribution in [3.63, 3.8) is 0 Å². The van der Waals surface area contributed by atoms with Gasteiger partial charge in [-0.1, -0.05) is 41.3 Å². The lowest BCUT2D eigenvalue weighted by atomic mass is 10.0. The van der Waals surface area contributed by atoms with Gasteiger partial charge in [0, 0.05) is 36.9 Å². The number of aromatic nitrogens is 1. The number of ether oxygens (including phenoxy) is 3. The van der Waals surface area contributed by atoms with Gasteiger partial charge in [-0.05, 0) is 67.3 Å². The summed E-state index contributed by atoms with van der Waals surface area (Å²) in [7, 11) is 0. The molecule has 5 atom stereocenters. The summed E-state index contributed by atoms with van der Waals surface area (Å²) in [6.45, 7) is 4.94. The molecule has 0 saturated carbocycles. The molecule has 4 aliphatic rings. The van der Waals surface area contributed by atoms with E-state index in [9.17, 15) is 24.0 Å². The Labute approximate surface area is 371 Å². The molecule has 5 heterocycles. The van der Waals surface area contributed by atoms with Crippen molar-refractivity contribution in [1.29, 1.82) is 0 Å². The Kier molecular flexibility index (Phi) is 16.6. The Balaban J connectivity index is 0.722. The zero-order chi connectivity index (χ0) is 42.6. The largest absolute Gasteiger partial charge is 0.379 e. The van der Waals surface area contributed by atoms with E-state index in [1.807, 2.05) is 61.2 Å². The summed E-state index contributed by atoms with van der Waals surface area (Å²) in [5.74, 6) is 1.45. The number of rotatable bonds is 22. The van der Waals surface area contributed by atoms with Gasteiger partial charge >= 0.3 is 6.03 Å². The highest BCUT2D eigenvalue weighted by molar-refractivity contribution is 8.14. The molecule has 3 aromatic rings. The number of hydrogen-bond acceptors (Lipinski definition) is 14. The number of amidine groups is 1. The van der Waals surface area contributed by atoms with Crippen LogP contribution in [0.25, 0.3) is 10.2 Å². The minimum atomic E-state index is -0.252. The molecule has 0 radical (unpaired) electrons. The average molecular weight is 913 g/mol. The molecule has 1 aromatic heterocycles. The SMILES string of the molecule is Cc1ccc2nc(NC(=O)CSC3=NC4CCSC4C(=O)N3c3ccc(CNC(=O)CCOCCOCCOCCNC(=O)CCCC4SCC5NC(=O)NC54)cc3)sc2c1. The first-order valence-corrected chi connectivity index (χ1v) is 24.5. The Bertz CT molecular complexity index is 2050. The van der Waals surface area contributed by atoms with Gasteiger partial charge < -0.3 is 40.8 Å². The summed E-state index contributed by atoms with van der Waals surface area (Å²) in [5, 5.41) is 15.7. The highest BCUT2D eigenvalue weighted by Gasteiger charge is 2.44. The second-order valence-corrected chi connectivity index (χ2v) is 19.4. The summed E-state index contributed by atoms with van der Waals surface area (Å²) in [5.41, 5.74) is 3.50. The summed E-state index contributed by atoms with van der Waals surface area (Å²) in [6, 6.07) is 13.6. The van der Waals surface area contributed by atoms with Crippen molar-refractivity contribution < 1.29 is 38.2 Å². The van der Waals surface area contributed by atoms with E-state index in [2.05, 4.69) is 31.6 Å². The average Bonchev–Trinajstić information content (AvgIpc) is 4.05. The van der Waals surface area contributed by atoms with Gasteiger partial charge in [0.2, 0.25) is 23.6 Å². The van der Waals surface area contributed by atoms with Gasteiger partial charge in [-0.3, -0.25) is 29.1 Å². The molecule has 61 heavy (non-hydrogen) atoms. The highest BCUT2D eigenvalue weighted by Crippen LogP contribution is 2.38. The molecule has 16 nitrogen and oxygen atoms in total. The minimum absolute atomic E-state index is 0.00144. The number of aryl methyl sites for hydroxylation is 1. The van der Waals surface area contributed by atoms with E-state index in [-0.39, 0.29) is 71.8 Å². The maximum atomic E-state index is 13.7. The van der Waals surface area contributed by atoms with Crippen LogP contribution in [-0.2, 0) is 39.9 Å². The summed E-state index contributed by atoms with van der Waals surface area (Å²) in [4.78, 5) is 73.9. The number of carbonyl (C=O) groups excluding carboxylic acids is 5. The fourth-order valence-corrected chi connectivity index (χ4v) is 12.0. The van der Waals surface area contributed by atoms with Crippen LogP contribution < -0.4 is 31.5 Å². The predicted octanol–water partition coefficient (Wildman–Crippen LogP) is 4.06. The maximum absolute atomic E-state index is 13.7. The molecule has 6 amide bonds. The smallest absolute Gasteiger partial charge is 0.315 e. The lowest BCUT2D eigenvalue weighted by Crippen LogP contribution is -2.48. The Hall–Kier alpha value is -3.92. The van der Waals surface area contributed by atoms with Crippen LogP contribution in [0.5, 0.6) is 0 Å². The van der Waals surface area contributed by atoms with E-state index in [0.717, 1.165) is 52.1 Å². The number of benzene rings is 2. The van der Waals surface area contributed by atoms with Crippen LogP contribution >= 0.6 is 46.6 Å². The van der Waals surface area contributed by atoms with Crippen molar-refractivity contribution in [2.45, 2.75) is 74.2 Å². The molecule has 3 fully saturated rings. The third-order valence-electron chi connectivity index (χ3n) is 10.4. The van der Waals surface area contributed by atoms with Crippen LogP contribution in [0.2, 0.25) is 0 Å². The van der Waals surface area contributed by atoms with Crippen molar-refractivity contribution in [3.8, 4) is 0 Å². The Morgan fingerprint density at radius 1 is 0.902 bits per heavy atom. The number of fused-ring (bicyclic) bond motifs is 3. The number of nitrogens with zero attached hydrogens (tertiary/aromatic N) is 3. The summed E-state index contributed by atoms with van der Waals surface area (Å²) < 4.78 is 17.6. The first kappa shape index (κ1) is 45.1. The van der Waals surface area contributed by atoms with Crippen molar-refractivity contribution in [3.05, 3.63) is 53.6 Å². The fourth-order valence-electron chi connectivity index (χ4n) is 7.29. The number of thioether (sulfide) groups is 3. The monoisotopic (exact) mass is 912 g/mol. The number of thiazole rings is 1. The van der Waals surface area contributed by atoms with E-state index in [1.165, 1.54) is 23.1 Å². The molecule has 0 spiro atoms. The quantitative estimate of drug-likeness (QED) is 0.0717. The van der Waals surface area contributed by atoms with Gasteiger partial charge in [-0.2, -0.15) is 11.8 Å². The predicted molar refractivity (Wildman–Crippen MR) is 243 cm³/mol. The number of nitrogens with one attached hydrogen (secondary N) is 5. The number of hydrogen-bond donors (Lipinski definition) is 5. The van der Waals surface area contributed by atoms with Crippen LogP contribution in [-0.4, -0.2) is 132 Å².